The highest BCUT2D eigenvalue weighted by Gasteiger charge is 2.54. The number of hydrogen-bond donors (Lipinski definition) is 0. The van der Waals surface area contributed by atoms with E-state index >= 15 is 0 Å². The van der Waals surface area contributed by atoms with Crippen LogP contribution in [0.25, 0.3) is 0 Å². The molecule has 0 radical (unpaired) electrons. The highest BCUT2D eigenvalue weighted by molar-refractivity contribution is 5.06. The van der Waals surface area contributed by atoms with Crippen LogP contribution in [0.3, 0.4) is 0 Å². The molecule has 3 nitrogen and oxygen atoms in total. The van der Waals surface area contributed by atoms with Crippen molar-refractivity contribution >= 4 is 0 Å². The lowest BCUT2D eigenvalue weighted by molar-refractivity contribution is -0.263. The molecule has 1 unspecified atom stereocenters. The molecule has 132 valence electrons. The number of piperidine rings is 2. The van der Waals surface area contributed by atoms with Crippen LogP contribution in [0, 0.1) is 5.41 Å². The van der Waals surface area contributed by atoms with E-state index in [4.69, 9.17) is 4.74 Å². The zero-order valence-corrected chi connectivity index (χ0v) is 15.6. The van der Waals surface area contributed by atoms with Gasteiger partial charge in [-0.05, 0) is 77.4 Å². The standard InChI is InChI=1S/C20H36N2O/c1-4-21-12-10-20(11-13-21)16-17(23-20)18(2,3)22-14-8-19(9-15-22)6-5-7-19/h17H,4-16H2,1-3H3. The maximum absolute atomic E-state index is 6.60. The first-order chi connectivity index (χ1) is 11.0. The number of likely N-dealkylation sites (tertiary alicyclic amines) is 2. The van der Waals surface area contributed by atoms with Crippen molar-refractivity contribution in [3.63, 3.8) is 0 Å². The average molecular weight is 321 g/mol. The van der Waals surface area contributed by atoms with E-state index in [2.05, 4.69) is 30.6 Å². The van der Waals surface area contributed by atoms with E-state index in [-0.39, 0.29) is 11.1 Å². The summed E-state index contributed by atoms with van der Waals surface area (Å²) < 4.78 is 6.60. The molecule has 4 aliphatic rings. The highest BCUT2D eigenvalue weighted by Crippen LogP contribution is 2.51. The van der Waals surface area contributed by atoms with Crippen molar-refractivity contribution in [1.82, 2.24) is 9.80 Å². The van der Waals surface area contributed by atoms with E-state index < -0.39 is 0 Å². The van der Waals surface area contributed by atoms with Crippen LogP contribution in [0.15, 0.2) is 0 Å². The monoisotopic (exact) mass is 320 g/mol. The summed E-state index contributed by atoms with van der Waals surface area (Å²) >= 11 is 0. The van der Waals surface area contributed by atoms with Gasteiger partial charge < -0.3 is 9.64 Å². The molecule has 0 bridgehead atoms. The molecular weight excluding hydrogens is 284 g/mol. The molecule has 2 spiro atoms. The molecule has 4 rings (SSSR count). The van der Waals surface area contributed by atoms with Crippen molar-refractivity contribution in [2.45, 2.75) is 89.4 Å². The molecule has 3 heteroatoms. The van der Waals surface area contributed by atoms with Gasteiger partial charge in [0.25, 0.3) is 0 Å². The van der Waals surface area contributed by atoms with Crippen molar-refractivity contribution in [2.24, 2.45) is 5.41 Å². The van der Waals surface area contributed by atoms with Crippen LogP contribution in [0.4, 0.5) is 0 Å². The van der Waals surface area contributed by atoms with Gasteiger partial charge >= 0.3 is 0 Å². The Hall–Kier alpha value is -0.120. The Morgan fingerprint density at radius 1 is 0.957 bits per heavy atom. The van der Waals surface area contributed by atoms with Crippen LogP contribution in [0.5, 0.6) is 0 Å². The van der Waals surface area contributed by atoms with Crippen LogP contribution < -0.4 is 0 Å². The lowest BCUT2D eigenvalue weighted by Crippen LogP contribution is -2.67. The van der Waals surface area contributed by atoms with Gasteiger partial charge in [-0.1, -0.05) is 13.3 Å². The molecule has 0 aromatic carbocycles. The molecule has 0 aromatic heterocycles. The third-order valence-electron chi connectivity index (χ3n) is 8.01. The molecule has 3 saturated heterocycles. The van der Waals surface area contributed by atoms with Crippen molar-refractivity contribution in [3.05, 3.63) is 0 Å². The average Bonchev–Trinajstić information content (AvgIpc) is 2.51. The summed E-state index contributed by atoms with van der Waals surface area (Å²) in [6.45, 7) is 13.4. The van der Waals surface area contributed by atoms with Crippen molar-refractivity contribution in [1.29, 1.82) is 0 Å². The topological polar surface area (TPSA) is 15.7 Å². The second-order valence-corrected chi connectivity index (χ2v) is 9.42. The van der Waals surface area contributed by atoms with Crippen LogP contribution >= 0.6 is 0 Å². The van der Waals surface area contributed by atoms with Crippen molar-refractivity contribution < 1.29 is 4.74 Å². The fraction of sp³-hybridized carbons (Fsp3) is 1.00. The summed E-state index contributed by atoms with van der Waals surface area (Å²) in [7, 11) is 0. The van der Waals surface area contributed by atoms with Gasteiger partial charge in [-0.3, -0.25) is 4.90 Å². The minimum absolute atomic E-state index is 0.221. The number of rotatable bonds is 3. The lowest BCUT2D eigenvalue weighted by Gasteiger charge is -2.60. The Morgan fingerprint density at radius 3 is 2.04 bits per heavy atom. The minimum atomic E-state index is 0.221. The fourth-order valence-electron chi connectivity index (χ4n) is 5.56. The number of hydrogen-bond acceptors (Lipinski definition) is 3. The van der Waals surface area contributed by atoms with Crippen molar-refractivity contribution in [3.8, 4) is 0 Å². The molecule has 1 atom stereocenters. The first-order valence-electron chi connectivity index (χ1n) is 10.1. The van der Waals surface area contributed by atoms with Crippen molar-refractivity contribution in [2.75, 3.05) is 32.7 Å². The SMILES string of the molecule is CCN1CCC2(CC1)CC(C(C)(C)N1CCC3(CCC3)CC1)O2. The van der Waals surface area contributed by atoms with E-state index in [1.807, 2.05) is 0 Å². The normalized spacial score (nSPS) is 34.3. The molecule has 0 amide bonds. The lowest BCUT2D eigenvalue weighted by atomic mass is 9.62. The van der Waals surface area contributed by atoms with Gasteiger partial charge in [-0.2, -0.15) is 0 Å². The quantitative estimate of drug-likeness (QED) is 0.789. The molecule has 0 aromatic rings. The molecular formula is C20H36N2O. The fourth-order valence-corrected chi connectivity index (χ4v) is 5.56. The summed E-state index contributed by atoms with van der Waals surface area (Å²) in [4.78, 5) is 5.31. The largest absolute Gasteiger partial charge is 0.370 e. The van der Waals surface area contributed by atoms with Crippen LogP contribution in [0.1, 0.15) is 72.1 Å². The zero-order chi connectivity index (χ0) is 16.1. The van der Waals surface area contributed by atoms with E-state index in [9.17, 15) is 0 Å². The summed E-state index contributed by atoms with van der Waals surface area (Å²) in [5.41, 5.74) is 1.21. The summed E-state index contributed by atoms with van der Waals surface area (Å²) in [6.07, 6.45) is 11.6. The first kappa shape index (κ1) is 16.4. The molecule has 1 aliphatic carbocycles. The Balaban J connectivity index is 1.30. The first-order valence-corrected chi connectivity index (χ1v) is 10.1. The van der Waals surface area contributed by atoms with E-state index in [1.165, 1.54) is 84.1 Å². The van der Waals surface area contributed by atoms with Gasteiger partial charge in [0.15, 0.2) is 0 Å². The Morgan fingerprint density at radius 2 is 1.57 bits per heavy atom. The smallest absolute Gasteiger partial charge is 0.0788 e. The molecule has 1 saturated carbocycles. The zero-order valence-electron chi connectivity index (χ0n) is 15.6. The van der Waals surface area contributed by atoms with E-state index in [0.717, 1.165) is 5.41 Å². The van der Waals surface area contributed by atoms with E-state index in [0.29, 0.717) is 6.10 Å². The maximum atomic E-state index is 6.60. The van der Waals surface area contributed by atoms with Gasteiger partial charge in [-0.25, -0.2) is 0 Å². The highest BCUT2D eigenvalue weighted by atomic mass is 16.5. The summed E-state index contributed by atoms with van der Waals surface area (Å²) in [5.74, 6) is 0. The number of nitrogens with zero attached hydrogens (tertiary/aromatic N) is 2. The molecule has 23 heavy (non-hydrogen) atoms. The third-order valence-corrected chi connectivity index (χ3v) is 8.01. The Bertz CT molecular complexity index is 417. The molecule has 3 aliphatic heterocycles. The number of ether oxygens (including phenoxy) is 1. The van der Waals surface area contributed by atoms with Gasteiger partial charge in [0.2, 0.25) is 0 Å². The second-order valence-electron chi connectivity index (χ2n) is 9.42. The predicted molar refractivity (Wildman–Crippen MR) is 94.7 cm³/mol. The maximum Gasteiger partial charge on any atom is 0.0788 e. The molecule has 4 fully saturated rings. The minimum Gasteiger partial charge on any atom is -0.370 e. The Kier molecular flexibility index (Phi) is 4.06. The third kappa shape index (κ3) is 2.77. The second kappa shape index (κ2) is 5.71. The van der Waals surface area contributed by atoms with Gasteiger partial charge in [0, 0.05) is 25.0 Å². The van der Waals surface area contributed by atoms with Crippen LogP contribution in [-0.4, -0.2) is 59.8 Å². The van der Waals surface area contributed by atoms with E-state index in [1.54, 1.807) is 0 Å². The van der Waals surface area contributed by atoms with Gasteiger partial charge in [-0.15, -0.1) is 0 Å². The Labute approximate surface area is 142 Å². The summed E-state index contributed by atoms with van der Waals surface area (Å²) in [5, 5.41) is 0. The predicted octanol–water partition coefficient (Wildman–Crippen LogP) is 3.67. The molecule has 3 heterocycles. The van der Waals surface area contributed by atoms with Gasteiger partial charge in [0.05, 0.1) is 11.7 Å². The van der Waals surface area contributed by atoms with Gasteiger partial charge in [0.1, 0.15) is 0 Å². The van der Waals surface area contributed by atoms with Crippen LogP contribution in [-0.2, 0) is 4.74 Å². The molecule has 0 N–H and O–H groups in total. The summed E-state index contributed by atoms with van der Waals surface area (Å²) in [6, 6.07) is 0. The van der Waals surface area contributed by atoms with Crippen LogP contribution in [0.2, 0.25) is 0 Å².